The third kappa shape index (κ3) is 2.62. The Morgan fingerprint density at radius 2 is 2.28 bits per heavy atom. The van der Waals surface area contributed by atoms with Crippen LogP contribution in [0.15, 0.2) is 24.3 Å². The monoisotopic (exact) mass is 247 g/mol. The molecule has 18 heavy (non-hydrogen) atoms. The summed E-state index contributed by atoms with van der Waals surface area (Å²) in [6.07, 6.45) is 0.778. The first kappa shape index (κ1) is 12.4. The summed E-state index contributed by atoms with van der Waals surface area (Å²) in [5.41, 5.74) is 6.84. The number of ether oxygens (including phenoxy) is 1. The van der Waals surface area contributed by atoms with E-state index in [-0.39, 0.29) is 5.91 Å². The van der Waals surface area contributed by atoms with Gasteiger partial charge in [-0.25, -0.2) is 0 Å². The molecule has 1 aromatic carbocycles. The second kappa shape index (κ2) is 5.55. The third-order valence-corrected chi connectivity index (χ3v) is 2.74. The number of aromatic nitrogens is 1. The van der Waals surface area contributed by atoms with Gasteiger partial charge in [0.2, 0.25) is 0 Å². The molecule has 0 aliphatic heterocycles. The summed E-state index contributed by atoms with van der Waals surface area (Å²) in [6, 6.07) is 7.46. The van der Waals surface area contributed by atoms with Gasteiger partial charge in [-0.15, -0.1) is 0 Å². The van der Waals surface area contributed by atoms with Crippen molar-refractivity contribution in [3.63, 3.8) is 0 Å². The Morgan fingerprint density at radius 3 is 3.00 bits per heavy atom. The van der Waals surface area contributed by atoms with Crippen molar-refractivity contribution in [2.24, 2.45) is 5.73 Å². The van der Waals surface area contributed by atoms with Crippen LogP contribution in [0.3, 0.4) is 0 Å². The Labute approximate surface area is 105 Å². The number of rotatable bonds is 5. The number of hydrogen-bond donors (Lipinski definition) is 3. The number of fused-ring (bicyclic) bond motifs is 1. The van der Waals surface area contributed by atoms with Crippen molar-refractivity contribution in [1.82, 2.24) is 10.3 Å². The maximum atomic E-state index is 11.8. The molecule has 1 aromatic heterocycles. The van der Waals surface area contributed by atoms with Gasteiger partial charge in [0.05, 0.1) is 7.11 Å². The molecule has 0 atom stereocenters. The lowest BCUT2D eigenvalue weighted by Crippen LogP contribution is -2.26. The molecule has 5 heteroatoms. The molecule has 4 N–H and O–H groups in total. The number of nitrogens with two attached hydrogens (primary N) is 1. The Kier molecular flexibility index (Phi) is 3.84. The summed E-state index contributed by atoms with van der Waals surface area (Å²) in [6.45, 7) is 1.16. The molecule has 0 unspecified atom stereocenters. The molecular formula is C13H17N3O2. The van der Waals surface area contributed by atoms with E-state index < -0.39 is 0 Å². The van der Waals surface area contributed by atoms with Gasteiger partial charge in [-0.1, -0.05) is 0 Å². The molecule has 0 bridgehead atoms. The minimum Gasteiger partial charge on any atom is -0.497 e. The van der Waals surface area contributed by atoms with Crippen LogP contribution in [-0.4, -0.2) is 31.1 Å². The molecule has 0 aliphatic rings. The minimum atomic E-state index is -0.112. The van der Waals surface area contributed by atoms with Gasteiger partial charge >= 0.3 is 0 Å². The van der Waals surface area contributed by atoms with Crippen molar-refractivity contribution >= 4 is 16.8 Å². The summed E-state index contributed by atoms with van der Waals surface area (Å²) in [5, 5.41) is 3.76. The van der Waals surface area contributed by atoms with Crippen LogP contribution in [-0.2, 0) is 0 Å². The Balaban J connectivity index is 2.16. The molecule has 0 aliphatic carbocycles. The lowest BCUT2D eigenvalue weighted by molar-refractivity contribution is 0.0949. The first-order chi connectivity index (χ1) is 8.74. The Morgan fingerprint density at radius 1 is 1.44 bits per heavy atom. The molecule has 0 spiro atoms. The number of carbonyl (C=O) groups excluding carboxylic acids is 1. The van der Waals surface area contributed by atoms with E-state index in [1.807, 2.05) is 24.3 Å². The number of nitrogens with one attached hydrogen (secondary N) is 2. The minimum absolute atomic E-state index is 0.112. The molecule has 2 rings (SSSR count). The van der Waals surface area contributed by atoms with Crippen LogP contribution in [0, 0.1) is 0 Å². The van der Waals surface area contributed by atoms with E-state index in [0.717, 1.165) is 23.1 Å². The highest BCUT2D eigenvalue weighted by Crippen LogP contribution is 2.21. The molecule has 0 saturated heterocycles. The zero-order chi connectivity index (χ0) is 13.0. The Bertz CT molecular complexity index is 548. The van der Waals surface area contributed by atoms with E-state index in [4.69, 9.17) is 10.5 Å². The molecule has 1 heterocycles. The van der Waals surface area contributed by atoms with E-state index in [9.17, 15) is 4.79 Å². The lowest BCUT2D eigenvalue weighted by atomic mass is 10.2. The Hall–Kier alpha value is -2.01. The van der Waals surface area contributed by atoms with Gasteiger partial charge < -0.3 is 20.8 Å². The fourth-order valence-electron chi connectivity index (χ4n) is 1.76. The number of benzene rings is 1. The van der Waals surface area contributed by atoms with E-state index in [0.29, 0.717) is 18.8 Å². The first-order valence-electron chi connectivity index (χ1n) is 5.89. The van der Waals surface area contributed by atoms with E-state index in [1.54, 1.807) is 7.11 Å². The van der Waals surface area contributed by atoms with Crippen LogP contribution in [0.5, 0.6) is 5.75 Å². The van der Waals surface area contributed by atoms with Crippen molar-refractivity contribution in [3.8, 4) is 5.75 Å². The summed E-state index contributed by atoms with van der Waals surface area (Å²) in [5.74, 6) is 0.662. The van der Waals surface area contributed by atoms with Crippen LogP contribution in [0.25, 0.3) is 10.9 Å². The van der Waals surface area contributed by atoms with Crippen molar-refractivity contribution < 1.29 is 9.53 Å². The number of hydrogen-bond acceptors (Lipinski definition) is 3. The number of aromatic amines is 1. The molecule has 0 radical (unpaired) electrons. The summed E-state index contributed by atoms with van der Waals surface area (Å²) in [7, 11) is 1.62. The lowest BCUT2D eigenvalue weighted by Gasteiger charge is -2.01. The average molecular weight is 247 g/mol. The quantitative estimate of drug-likeness (QED) is 0.696. The topological polar surface area (TPSA) is 80.1 Å². The van der Waals surface area contributed by atoms with Gasteiger partial charge in [0, 0.05) is 17.4 Å². The van der Waals surface area contributed by atoms with Gasteiger partial charge in [0.15, 0.2) is 0 Å². The standard InChI is InChI=1S/C13H17N3O2/c1-18-10-3-4-11-9(7-10)8-12(16-11)13(17)15-6-2-5-14/h3-4,7-8,16H,2,5-6,14H2,1H3,(H,15,17). The number of amides is 1. The maximum Gasteiger partial charge on any atom is 0.267 e. The van der Waals surface area contributed by atoms with E-state index >= 15 is 0 Å². The first-order valence-corrected chi connectivity index (χ1v) is 5.89. The molecule has 5 nitrogen and oxygen atoms in total. The van der Waals surface area contributed by atoms with Gasteiger partial charge in [-0.2, -0.15) is 0 Å². The van der Waals surface area contributed by atoms with Crippen LogP contribution in [0.2, 0.25) is 0 Å². The molecule has 0 saturated carbocycles. The fourth-order valence-corrected chi connectivity index (χ4v) is 1.76. The van der Waals surface area contributed by atoms with Crippen molar-refractivity contribution in [3.05, 3.63) is 30.0 Å². The number of H-pyrrole nitrogens is 1. The SMILES string of the molecule is COc1ccc2[nH]c(C(=O)NCCCN)cc2c1. The maximum absolute atomic E-state index is 11.8. The molecule has 0 fully saturated rings. The van der Waals surface area contributed by atoms with Crippen LogP contribution >= 0.6 is 0 Å². The zero-order valence-electron chi connectivity index (χ0n) is 10.3. The molecular weight excluding hydrogens is 230 g/mol. The highest BCUT2D eigenvalue weighted by Gasteiger charge is 2.09. The van der Waals surface area contributed by atoms with Crippen molar-refractivity contribution in [2.75, 3.05) is 20.2 Å². The second-order valence-electron chi connectivity index (χ2n) is 4.03. The smallest absolute Gasteiger partial charge is 0.267 e. The van der Waals surface area contributed by atoms with Crippen LogP contribution < -0.4 is 15.8 Å². The van der Waals surface area contributed by atoms with Gasteiger partial charge in [-0.3, -0.25) is 4.79 Å². The van der Waals surface area contributed by atoms with Crippen LogP contribution in [0.4, 0.5) is 0 Å². The highest BCUT2D eigenvalue weighted by atomic mass is 16.5. The predicted molar refractivity (Wildman–Crippen MR) is 70.9 cm³/mol. The molecule has 96 valence electrons. The normalized spacial score (nSPS) is 10.6. The fraction of sp³-hybridized carbons (Fsp3) is 0.308. The summed E-state index contributed by atoms with van der Waals surface area (Å²) >= 11 is 0. The van der Waals surface area contributed by atoms with Gasteiger partial charge in [0.25, 0.3) is 5.91 Å². The summed E-state index contributed by atoms with van der Waals surface area (Å²) < 4.78 is 5.14. The highest BCUT2D eigenvalue weighted by molar-refractivity contribution is 5.98. The van der Waals surface area contributed by atoms with Gasteiger partial charge in [0.1, 0.15) is 11.4 Å². The largest absolute Gasteiger partial charge is 0.497 e. The zero-order valence-corrected chi connectivity index (χ0v) is 10.3. The van der Waals surface area contributed by atoms with Crippen LogP contribution in [0.1, 0.15) is 16.9 Å². The van der Waals surface area contributed by atoms with Gasteiger partial charge in [-0.05, 0) is 37.2 Å². The number of methoxy groups -OCH3 is 1. The van der Waals surface area contributed by atoms with E-state index in [1.165, 1.54) is 0 Å². The second-order valence-corrected chi connectivity index (χ2v) is 4.03. The molecule has 1 amide bonds. The predicted octanol–water partition coefficient (Wildman–Crippen LogP) is 1.26. The third-order valence-electron chi connectivity index (χ3n) is 2.74. The number of carbonyl (C=O) groups is 1. The van der Waals surface area contributed by atoms with Crippen molar-refractivity contribution in [2.45, 2.75) is 6.42 Å². The average Bonchev–Trinajstić information content (AvgIpc) is 2.81. The summed E-state index contributed by atoms with van der Waals surface area (Å²) in [4.78, 5) is 14.9. The van der Waals surface area contributed by atoms with Crippen molar-refractivity contribution in [1.29, 1.82) is 0 Å². The van der Waals surface area contributed by atoms with E-state index in [2.05, 4.69) is 10.3 Å². The molecule has 2 aromatic rings.